The first kappa shape index (κ1) is 11.1. The summed E-state index contributed by atoms with van der Waals surface area (Å²) in [5.41, 5.74) is -1.38. The first-order valence-electron chi connectivity index (χ1n) is 5.61. The molecule has 0 saturated heterocycles. The Morgan fingerprint density at radius 1 is 1.33 bits per heavy atom. The van der Waals surface area contributed by atoms with Crippen LogP contribution in [0.15, 0.2) is 6.07 Å². The minimum absolute atomic E-state index is 0.0929. The van der Waals surface area contributed by atoms with E-state index in [0.717, 1.165) is 6.07 Å². The maximum absolute atomic E-state index is 14.0. The molecule has 0 bridgehead atoms. The van der Waals surface area contributed by atoms with E-state index in [-0.39, 0.29) is 30.3 Å². The molecule has 1 aliphatic heterocycles. The van der Waals surface area contributed by atoms with Gasteiger partial charge in [0.15, 0.2) is 23.1 Å². The lowest BCUT2D eigenvalue weighted by molar-refractivity contribution is -0.140. The van der Waals surface area contributed by atoms with E-state index in [1.807, 2.05) is 0 Å². The lowest BCUT2D eigenvalue weighted by Crippen LogP contribution is -2.25. The van der Waals surface area contributed by atoms with E-state index in [1.165, 1.54) is 0 Å². The Morgan fingerprint density at radius 3 is 2.61 bits per heavy atom. The van der Waals surface area contributed by atoms with E-state index in [0.29, 0.717) is 12.8 Å². The smallest absolute Gasteiger partial charge is 0.314 e. The summed E-state index contributed by atoms with van der Waals surface area (Å²) in [5, 5.41) is 18.8. The van der Waals surface area contributed by atoms with Gasteiger partial charge in [-0.3, -0.25) is 4.79 Å². The molecule has 0 aromatic heterocycles. The number of carbonyl (C=O) groups is 1. The molecule has 0 atom stereocenters. The Balaban J connectivity index is 2.24. The Labute approximate surface area is 102 Å². The highest BCUT2D eigenvalue weighted by Gasteiger charge is 2.56. The molecule has 0 unspecified atom stereocenters. The van der Waals surface area contributed by atoms with Gasteiger partial charge in [0.25, 0.3) is 0 Å². The highest BCUT2D eigenvalue weighted by Crippen LogP contribution is 2.56. The zero-order chi connectivity index (χ0) is 12.9. The number of ether oxygens (including phenoxy) is 2. The molecule has 2 aliphatic rings. The van der Waals surface area contributed by atoms with Crippen LogP contribution in [0.4, 0.5) is 4.39 Å². The molecule has 6 heteroatoms. The van der Waals surface area contributed by atoms with Crippen molar-refractivity contribution in [2.75, 3.05) is 13.2 Å². The summed E-state index contributed by atoms with van der Waals surface area (Å²) < 4.78 is 24.6. The maximum Gasteiger partial charge on any atom is 0.314 e. The number of carboxylic acid groups (broad SMARTS) is 1. The van der Waals surface area contributed by atoms with Crippen molar-refractivity contribution in [1.82, 2.24) is 0 Å². The van der Waals surface area contributed by atoms with Gasteiger partial charge in [0.2, 0.25) is 0 Å². The zero-order valence-corrected chi connectivity index (χ0v) is 9.40. The van der Waals surface area contributed by atoms with Crippen molar-refractivity contribution >= 4 is 5.97 Å². The lowest BCUT2D eigenvalue weighted by atomic mass is 9.93. The van der Waals surface area contributed by atoms with Crippen molar-refractivity contribution < 1.29 is 28.9 Å². The average Bonchev–Trinajstić information content (AvgIpc) is 3.12. The third-order valence-electron chi connectivity index (χ3n) is 3.39. The molecule has 1 fully saturated rings. The number of fused-ring (bicyclic) bond motifs is 1. The van der Waals surface area contributed by atoms with E-state index < -0.39 is 23.0 Å². The number of hydrogen-bond acceptors (Lipinski definition) is 4. The van der Waals surface area contributed by atoms with Crippen molar-refractivity contribution in [3.8, 4) is 17.2 Å². The normalized spacial score (nSPS) is 19.4. The Kier molecular flexibility index (Phi) is 2.17. The van der Waals surface area contributed by atoms with Crippen LogP contribution in [0.25, 0.3) is 0 Å². The third-order valence-corrected chi connectivity index (χ3v) is 3.39. The number of phenols is 1. The molecule has 2 N–H and O–H groups in total. The molecule has 0 radical (unpaired) electrons. The second-order valence-corrected chi connectivity index (χ2v) is 4.50. The fraction of sp³-hybridized carbons (Fsp3) is 0.417. The SMILES string of the molecule is O=C(O)C1(c2c(F)c(O)cc3c2OCCO3)CC1. The van der Waals surface area contributed by atoms with Crippen LogP contribution < -0.4 is 9.47 Å². The maximum atomic E-state index is 14.0. The van der Waals surface area contributed by atoms with E-state index in [9.17, 15) is 19.4 Å². The fourth-order valence-corrected chi connectivity index (χ4v) is 2.27. The highest BCUT2D eigenvalue weighted by molar-refractivity contribution is 5.87. The second-order valence-electron chi connectivity index (χ2n) is 4.50. The number of aromatic hydroxyl groups is 1. The van der Waals surface area contributed by atoms with Gasteiger partial charge in [-0.25, -0.2) is 4.39 Å². The van der Waals surface area contributed by atoms with Crippen LogP contribution in [0.1, 0.15) is 18.4 Å². The highest BCUT2D eigenvalue weighted by atomic mass is 19.1. The predicted molar refractivity (Wildman–Crippen MR) is 57.6 cm³/mol. The number of aliphatic carboxylic acids is 1. The van der Waals surface area contributed by atoms with Crippen LogP contribution >= 0.6 is 0 Å². The molecule has 5 nitrogen and oxygen atoms in total. The largest absolute Gasteiger partial charge is 0.505 e. The molecule has 1 heterocycles. The molecule has 1 aromatic rings. The van der Waals surface area contributed by atoms with Crippen LogP contribution in [0, 0.1) is 5.82 Å². The van der Waals surface area contributed by atoms with Crippen molar-refractivity contribution in [3.63, 3.8) is 0 Å². The van der Waals surface area contributed by atoms with Gasteiger partial charge in [-0.2, -0.15) is 0 Å². The second kappa shape index (κ2) is 3.51. The molecule has 96 valence electrons. The zero-order valence-electron chi connectivity index (χ0n) is 9.40. The Morgan fingerprint density at radius 2 is 2.00 bits per heavy atom. The molecule has 3 rings (SSSR count). The summed E-state index contributed by atoms with van der Waals surface area (Å²) in [7, 11) is 0. The van der Waals surface area contributed by atoms with Crippen molar-refractivity contribution in [3.05, 3.63) is 17.4 Å². The van der Waals surface area contributed by atoms with Crippen LogP contribution in [0.5, 0.6) is 17.2 Å². The third kappa shape index (κ3) is 1.35. The van der Waals surface area contributed by atoms with Gasteiger partial charge in [0.05, 0.1) is 11.0 Å². The summed E-state index contributed by atoms with van der Waals surface area (Å²) in [5.74, 6) is -2.34. The number of halogens is 1. The van der Waals surface area contributed by atoms with Gasteiger partial charge in [0.1, 0.15) is 13.2 Å². The topological polar surface area (TPSA) is 76.0 Å². The van der Waals surface area contributed by atoms with Gasteiger partial charge >= 0.3 is 5.97 Å². The Hall–Kier alpha value is -1.98. The molecule has 1 aliphatic carbocycles. The Bertz CT molecular complexity index is 536. The number of phenolic OH excluding ortho intramolecular Hbond substituents is 1. The van der Waals surface area contributed by atoms with Gasteiger partial charge < -0.3 is 19.7 Å². The van der Waals surface area contributed by atoms with Crippen LogP contribution in [0.3, 0.4) is 0 Å². The van der Waals surface area contributed by atoms with Gasteiger partial charge in [-0.05, 0) is 12.8 Å². The first-order valence-corrected chi connectivity index (χ1v) is 5.61. The average molecular weight is 254 g/mol. The van der Waals surface area contributed by atoms with Crippen molar-refractivity contribution in [2.45, 2.75) is 18.3 Å². The summed E-state index contributed by atoms with van der Waals surface area (Å²) in [4.78, 5) is 11.3. The van der Waals surface area contributed by atoms with E-state index in [4.69, 9.17) is 9.47 Å². The number of rotatable bonds is 2. The number of carboxylic acids is 1. The van der Waals surface area contributed by atoms with Gasteiger partial charge in [-0.1, -0.05) is 0 Å². The number of benzene rings is 1. The minimum Gasteiger partial charge on any atom is -0.505 e. The van der Waals surface area contributed by atoms with Gasteiger partial charge in [0, 0.05) is 6.07 Å². The minimum atomic E-state index is -1.28. The van der Waals surface area contributed by atoms with Crippen molar-refractivity contribution in [1.29, 1.82) is 0 Å². The van der Waals surface area contributed by atoms with E-state index in [1.54, 1.807) is 0 Å². The van der Waals surface area contributed by atoms with E-state index >= 15 is 0 Å². The summed E-state index contributed by atoms with van der Waals surface area (Å²) in [6, 6.07) is 1.12. The monoisotopic (exact) mass is 254 g/mol. The molecular weight excluding hydrogens is 243 g/mol. The first-order chi connectivity index (χ1) is 8.56. The standard InChI is InChI=1S/C12H11FO5/c13-9-6(14)5-7-10(18-4-3-17-7)8(9)12(1-2-12)11(15)16/h5,14H,1-4H2,(H,15,16). The van der Waals surface area contributed by atoms with Crippen LogP contribution in [-0.4, -0.2) is 29.4 Å². The van der Waals surface area contributed by atoms with Crippen LogP contribution in [0.2, 0.25) is 0 Å². The summed E-state index contributed by atoms with van der Waals surface area (Å²) >= 11 is 0. The molecule has 18 heavy (non-hydrogen) atoms. The molecule has 1 saturated carbocycles. The quantitative estimate of drug-likeness (QED) is 0.834. The van der Waals surface area contributed by atoms with E-state index in [2.05, 4.69) is 0 Å². The lowest BCUT2D eigenvalue weighted by Gasteiger charge is -2.24. The number of hydrogen-bond donors (Lipinski definition) is 2. The molecule has 0 amide bonds. The molecule has 0 spiro atoms. The van der Waals surface area contributed by atoms with Crippen molar-refractivity contribution in [2.24, 2.45) is 0 Å². The molecular formula is C12H11FO5. The summed E-state index contributed by atoms with van der Waals surface area (Å²) in [6.45, 7) is 0.525. The summed E-state index contributed by atoms with van der Waals surface area (Å²) in [6.07, 6.45) is 0.664. The fourth-order valence-electron chi connectivity index (χ4n) is 2.27. The van der Waals surface area contributed by atoms with Crippen LogP contribution in [-0.2, 0) is 10.2 Å². The molecule has 1 aromatic carbocycles. The van der Waals surface area contributed by atoms with Gasteiger partial charge in [-0.15, -0.1) is 0 Å². The predicted octanol–water partition coefficient (Wildman–Crippen LogP) is 1.42.